The van der Waals surface area contributed by atoms with Crippen LogP contribution in [0.1, 0.15) is 6.92 Å². The Balaban J connectivity index is 2.33. The second-order valence-electron chi connectivity index (χ2n) is 3.57. The largest absolute Gasteiger partial charge is 0.491 e. The fraction of sp³-hybridized carbons (Fsp3) is 0.400. The van der Waals surface area contributed by atoms with E-state index in [1.165, 1.54) is 0 Å². The number of thioether (sulfide) groups is 1. The number of ether oxygens (including phenoxy) is 1. The smallest absolute Gasteiger partial charge is 0.133 e. The van der Waals surface area contributed by atoms with Gasteiger partial charge in [0.05, 0.1) is 9.64 Å². The van der Waals surface area contributed by atoms with Crippen molar-refractivity contribution in [3.8, 4) is 5.75 Å². The van der Waals surface area contributed by atoms with Crippen molar-refractivity contribution >= 4 is 35.0 Å². The van der Waals surface area contributed by atoms with E-state index in [1.807, 2.05) is 18.2 Å². The molecule has 0 saturated heterocycles. The molecule has 1 aliphatic rings. The van der Waals surface area contributed by atoms with Crippen LogP contribution in [-0.2, 0) is 0 Å². The molecule has 0 radical (unpaired) electrons. The van der Waals surface area contributed by atoms with Crippen LogP contribution in [0.25, 0.3) is 0 Å². The molecule has 0 bridgehead atoms. The number of rotatable bonds is 1. The zero-order valence-electron chi connectivity index (χ0n) is 7.72. The molecular formula is C10H10Cl2OS. The van der Waals surface area contributed by atoms with E-state index in [4.69, 9.17) is 27.9 Å². The monoisotopic (exact) mass is 248 g/mol. The zero-order valence-corrected chi connectivity index (χ0v) is 10.0. The number of benzene rings is 1. The molecule has 1 heterocycles. The van der Waals surface area contributed by atoms with Gasteiger partial charge in [0.1, 0.15) is 12.4 Å². The molecule has 0 aliphatic carbocycles. The normalized spacial score (nSPS) is 25.4. The molecule has 1 aliphatic heterocycles. The Hall–Kier alpha value is -0.0500. The Morgan fingerprint density at radius 2 is 2.36 bits per heavy atom. The molecule has 0 saturated carbocycles. The summed E-state index contributed by atoms with van der Waals surface area (Å²) in [6, 6.07) is 5.66. The first-order valence-electron chi connectivity index (χ1n) is 4.30. The summed E-state index contributed by atoms with van der Waals surface area (Å²) in [7, 11) is 0. The van der Waals surface area contributed by atoms with Gasteiger partial charge >= 0.3 is 0 Å². The van der Waals surface area contributed by atoms with Gasteiger partial charge in [0.2, 0.25) is 0 Å². The summed E-state index contributed by atoms with van der Waals surface area (Å²) in [5, 5.41) is 0.735. The summed E-state index contributed by atoms with van der Waals surface area (Å²) in [5.74, 6) is 1.48. The number of hydrogen-bond acceptors (Lipinski definition) is 2. The maximum atomic E-state index is 5.91. The summed E-state index contributed by atoms with van der Waals surface area (Å²) < 4.78 is 5.58. The molecule has 1 unspecified atom stereocenters. The molecule has 1 atom stereocenters. The highest BCUT2D eigenvalue weighted by Crippen LogP contribution is 2.44. The van der Waals surface area contributed by atoms with Gasteiger partial charge in [-0.3, -0.25) is 0 Å². The summed E-state index contributed by atoms with van der Waals surface area (Å²) in [6.07, 6.45) is 0. The lowest BCUT2D eigenvalue weighted by Crippen LogP contribution is -2.33. The molecule has 0 amide bonds. The van der Waals surface area contributed by atoms with Crippen LogP contribution in [0.2, 0.25) is 5.02 Å². The maximum Gasteiger partial charge on any atom is 0.133 e. The van der Waals surface area contributed by atoms with Gasteiger partial charge in [0.25, 0.3) is 0 Å². The van der Waals surface area contributed by atoms with Crippen LogP contribution < -0.4 is 4.74 Å². The maximum absolute atomic E-state index is 5.91. The van der Waals surface area contributed by atoms with Gasteiger partial charge in [-0.05, 0) is 25.1 Å². The van der Waals surface area contributed by atoms with Crippen LogP contribution >= 0.6 is 35.0 Å². The molecule has 0 aromatic heterocycles. The Labute approximate surface area is 97.7 Å². The van der Waals surface area contributed by atoms with E-state index in [2.05, 4.69) is 6.92 Å². The highest BCUT2D eigenvalue weighted by molar-refractivity contribution is 8.01. The molecule has 4 heteroatoms. The van der Waals surface area contributed by atoms with Gasteiger partial charge in [0, 0.05) is 10.9 Å². The van der Waals surface area contributed by atoms with E-state index in [0.717, 1.165) is 15.7 Å². The molecule has 0 spiro atoms. The van der Waals surface area contributed by atoms with Crippen LogP contribution in [0.3, 0.4) is 0 Å². The number of hydrogen-bond donors (Lipinski definition) is 0. The third-order valence-electron chi connectivity index (χ3n) is 2.08. The molecule has 1 nitrogen and oxygen atoms in total. The van der Waals surface area contributed by atoms with E-state index in [9.17, 15) is 0 Å². The second kappa shape index (κ2) is 3.84. The van der Waals surface area contributed by atoms with Gasteiger partial charge in [-0.25, -0.2) is 0 Å². The Kier molecular flexibility index (Phi) is 2.87. The third-order valence-corrected chi connectivity index (χ3v) is 4.36. The molecular weight excluding hydrogens is 239 g/mol. The first-order valence-corrected chi connectivity index (χ1v) is 6.03. The van der Waals surface area contributed by atoms with Crippen molar-refractivity contribution in [3.05, 3.63) is 23.2 Å². The molecule has 0 N–H and O–H groups in total. The van der Waals surface area contributed by atoms with Gasteiger partial charge in [0.15, 0.2) is 0 Å². The van der Waals surface area contributed by atoms with Gasteiger partial charge in [-0.15, -0.1) is 23.4 Å². The van der Waals surface area contributed by atoms with E-state index in [0.29, 0.717) is 12.5 Å². The fourth-order valence-corrected chi connectivity index (χ4v) is 2.87. The molecule has 1 aromatic rings. The van der Waals surface area contributed by atoms with Gasteiger partial charge < -0.3 is 4.74 Å². The zero-order chi connectivity index (χ0) is 10.2. The van der Waals surface area contributed by atoms with Crippen LogP contribution in [0.15, 0.2) is 23.1 Å². The predicted molar refractivity (Wildman–Crippen MR) is 61.9 cm³/mol. The predicted octanol–water partition coefficient (Wildman–Crippen LogP) is 3.82. The standard InChI is InChI=1S/C10H10Cl2OS/c1-10(5-11)6-13-8-3-2-7(12)4-9(8)14-10/h2-4H,5-6H2,1H3. The lowest BCUT2D eigenvalue weighted by atomic mass is 10.2. The van der Waals surface area contributed by atoms with Crippen LogP contribution in [0.5, 0.6) is 5.75 Å². The van der Waals surface area contributed by atoms with Crippen molar-refractivity contribution in [3.63, 3.8) is 0 Å². The topological polar surface area (TPSA) is 9.23 Å². The van der Waals surface area contributed by atoms with Gasteiger partial charge in [-0.2, -0.15) is 0 Å². The van der Waals surface area contributed by atoms with E-state index >= 15 is 0 Å². The highest BCUT2D eigenvalue weighted by Gasteiger charge is 2.31. The van der Waals surface area contributed by atoms with E-state index < -0.39 is 0 Å². The summed E-state index contributed by atoms with van der Waals surface area (Å²) in [4.78, 5) is 1.08. The Bertz CT molecular complexity index is 356. The number of alkyl halides is 1. The minimum absolute atomic E-state index is 0.0424. The van der Waals surface area contributed by atoms with Gasteiger partial charge in [-0.1, -0.05) is 11.6 Å². The van der Waals surface area contributed by atoms with Crippen LogP contribution in [0, 0.1) is 0 Å². The first-order chi connectivity index (χ1) is 6.63. The SMILES string of the molecule is CC1(CCl)COc2ccc(Cl)cc2S1. The highest BCUT2D eigenvalue weighted by atomic mass is 35.5. The lowest BCUT2D eigenvalue weighted by molar-refractivity contribution is 0.274. The average molecular weight is 249 g/mol. The molecule has 1 aromatic carbocycles. The van der Waals surface area contributed by atoms with Crippen molar-refractivity contribution in [2.45, 2.75) is 16.6 Å². The van der Waals surface area contributed by atoms with Crippen LogP contribution in [-0.4, -0.2) is 17.2 Å². The first kappa shape index (κ1) is 10.5. The van der Waals surface area contributed by atoms with E-state index in [-0.39, 0.29) is 4.75 Å². The van der Waals surface area contributed by atoms with Crippen molar-refractivity contribution < 1.29 is 4.74 Å². The van der Waals surface area contributed by atoms with E-state index in [1.54, 1.807) is 11.8 Å². The Morgan fingerprint density at radius 3 is 3.07 bits per heavy atom. The molecule has 0 fully saturated rings. The third kappa shape index (κ3) is 1.97. The Morgan fingerprint density at radius 1 is 1.57 bits per heavy atom. The number of fused-ring (bicyclic) bond motifs is 1. The quantitative estimate of drug-likeness (QED) is 0.699. The van der Waals surface area contributed by atoms with Crippen molar-refractivity contribution in [2.24, 2.45) is 0 Å². The summed E-state index contributed by atoms with van der Waals surface area (Å²) in [6.45, 7) is 2.74. The minimum atomic E-state index is -0.0424. The van der Waals surface area contributed by atoms with Crippen molar-refractivity contribution in [1.82, 2.24) is 0 Å². The minimum Gasteiger partial charge on any atom is -0.491 e. The number of halogens is 2. The lowest BCUT2D eigenvalue weighted by Gasteiger charge is -2.32. The summed E-state index contributed by atoms with van der Waals surface area (Å²) in [5.41, 5.74) is 0. The van der Waals surface area contributed by atoms with Crippen molar-refractivity contribution in [2.75, 3.05) is 12.5 Å². The van der Waals surface area contributed by atoms with Crippen molar-refractivity contribution in [1.29, 1.82) is 0 Å². The average Bonchev–Trinajstić information content (AvgIpc) is 2.17. The summed E-state index contributed by atoms with van der Waals surface area (Å²) >= 11 is 13.5. The van der Waals surface area contributed by atoms with Crippen LogP contribution in [0.4, 0.5) is 0 Å². The molecule has 76 valence electrons. The molecule has 14 heavy (non-hydrogen) atoms. The second-order valence-corrected chi connectivity index (χ2v) is 5.90. The molecule has 2 rings (SSSR count). The fourth-order valence-electron chi connectivity index (χ4n) is 1.27.